The van der Waals surface area contributed by atoms with Crippen molar-refractivity contribution in [2.24, 2.45) is 0 Å². The van der Waals surface area contributed by atoms with Crippen LogP contribution in [0.2, 0.25) is 5.02 Å². The van der Waals surface area contributed by atoms with Gasteiger partial charge in [-0.15, -0.1) is 0 Å². The van der Waals surface area contributed by atoms with Crippen LogP contribution >= 0.6 is 11.6 Å². The predicted molar refractivity (Wildman–Crippen MR) is 103 cm³/mol. The molecule has 0 fully saturated rings. The zero-order valence-corrected chi connectivity index (χ0v) is 15.2. The Balaban J connectivity index is 1.88. The number of benzene rings is 2. The first-order valence-electron chi connectivity index (χ1n) is 8.11. The van der Waals surface area contributed by atoms with Gasteiger partial charge in [0.1, 0.15) is 0 Å². The average molecular weight is 354 g/mol. The number of nitrogens with zero attached hydrogens (tertiary/aromatic N) is 1. The number of aryl methyl sites for hydroxylation is 3. The molecule has 0 spiro atoms. The Morgan fingerprint density at radius 1 is 1.08 bits per heavy atom. The van der Waals surface area contributed by atoms with E-state index in [1.807, 2.05) is 57.2 Å². The van der Waals surface area contributed by atoms with Crippen LogP contribution in [0, 0.1) is 20.8 Å². The van der Waals surface area contributed by atoms with Crippen LogP contribution in [0.5, 0.6) is 0 Å². The summed E-state index contributed by atoms with van der Waals surface area (Å²) in [6.45, 7) is 5.90. The number of hydrogen-bond donors (Lipinski definition) is 2. The second-order valence-corrected chi connectivity index (χ2v) is 6.66. The van der Waals surface area contributed by atoms with Crippen LogP contribution in [0.4, 0.5) is 11.6 Å². The molecule has 0 aliphatic carbocycles. The number of rotatable bonds is 4. The summed E-state index contributed by atoms with van der Waals surface area (Å²) >= 11 is 5.91. The predicted octanol–water partition coefficient (Wildman–Crippen LogP) is 4.68. The van der Waals surface area contributed by atoms with E-state index in [0.717, 1.165) is 22.4 Å². The summed E-state index contributed by atoms with van der Waals surface area (Å²) in [7, 11) is 0. The van der Waals surface area contributed by atoms with Gasteiger partial charge < -0.3 is 5.32 Å². The molecular formula is C20H20ClN3O. The number of hydrogen-bond acceptors (Lipinski definition) is 3. The van der Waals surface area contributed by atoms with Gasteiger partial charge in [-0.05, 0) is 55.7 Å². The molecule has 3 aromatic rings. The lowest BCUT2D eigenvalue weighted by molar-refractivity contribution is 0.985. The maximum Gasteiger partial charge on any atom is 0.256 e. The lowest BCUT2D eigenvalue weighted by Gasteiger charge is -2.12. The quantitative estimate of drug-likeness (QED) is 0.715. The van der Waals surface area contributed by atoms with Crippen molar-refractivity contribution in [1.82, 2.24) is 9.97 Å². The molecule has 25 heavy (non-hydrogen) atoms. The minimum Gasteiger partial charge on any atom is -0.325 e. The molecule has 0 atom stereocenters. The van der Waals surface area contributed by atoms with Crippen molar-refractivity contribution in [1.29, 1.82) is 0 Å². The van der Waals surface area contributed by atoms with Gasteiger partial charge in [0.15, 0.2) is 0 Å². The monoisotopic (exact) mass is 353 g/mol. The van der Waals surface area contributed by atoms with Crippen molar-refractivity contribution < 1.29 is 0 Å². The zero-order chi connectivity index (χ0) is 18.0. The highest BCUT2D eigenvalue weighted by atomic mass is 35.5. The Bertz CT molecular complexity index is 962. The van der Waals surface area contributed by atoms with E-state index in [9.17, 15) is 4.79 Å². The number of halogens is 1. The molecule has 3 rings (SSSR count). The normalized spacial score (nSPS) is 10.7. The van der Waals surface area contributed by atoms with Crippen molar-refractivity contribution in [2.45, 2.75) is 27.2 Å². The Labute approximate surface area is 151 Å². The number of nitrogens with one attached hydrogen (secondary N) is 2. The molecule has 0 saturated carbocycles. The average Bonchev–Trinajstić information content (AvgIpc) is 2.56. The van der Waals surface area contributed by atoms with Gasteiger partial charge in [0.05, 0.1) is 5.69 Å². The van der Waals surface area contributed by atoms with Gasteiger partial charge in [0, 0.05) is 22.7 Å². The summed E-state index contributed by atoms with van der Waals surface area (Å²) < 4.78 is 0. The highest BCUT2D eigenvalue weighted by molar-refractivity contribution is 6.30. The zero-order valence-electron chi connectivity index (χ0n) is 14.5. The smallest absolute Gasteiger partial charge is 0.256 e. The fourth-order valence-corrected chi connectivity index (χ4v) is 2.81. The molecule has 1 aromatic heterocycles. The summed E-state index contributed by atoms with van der Waals surface area (Å²) in [5.41, 5.74) is 5.45. The Morgan fingerprint density at radius 2 is 1.80 bits per heavy atom. The molecule has 4 nitrogen and oxygen atoms in total. The van der Waals surface area contributed by atoms with Crippen LogP contribution in [-0.2, 0) is 6.42 Å². The highest BCUT2D eigenvalue weighted by Crippen LogP contribution is 2.20. The van der Waals surface area contributed by atoms with E-state index < -0.39 is 0 Å². The summed E-state index contributed by atoms with van der Waals surface area (Å²) in [5.74, 6) is 0.455. The van der Waals surface area contributed by atoms with Crippen LogP contribution in [0.15, 0.2) is 47.3 Å². The van der Waals surface area contributed by atoms with Crippen LogP contribution in [0.25, 0.3) is 0 Å². The second kappa shape index (κ2) is 7.11. The van der Waals surface area contributed by atoms with E-state index in [-0.39, 0.29) is 5.56 Å². The van der Waals surface area contributed by atoms with Crippen LogP contribution < -0.4 is 10.9 Å². The van der Waals surface area contributed by atoms with E-state index in [2.05, 4.69) is 21.4 Å². The molecule has 0 aliphatic heterocycles. The van der Waals surface area contributed by atoms with Crippen molar-refractivity contribution in [3.63, 3.8) is 0 Å². The standard InChI is InChI=1S/C20H20ClN3O/c1-12-4-5-13(2)18(10-12)23-20-22-14(3)17(19(25)24-20)11-15-6-8-16(21)9-7-15/h4-10H,11H2,1-3H3,(H2,22,23,24,25). The molecule has 2 N–H and O–H groups in total. The van der Waals surface area contributed by atoms with E-state index >= 15 is 0 Å². The first-order chi connectivity index (χ1) is 11.9. The van der Waals surface area contributed by atoms with Crippen molar-refractivity contribution >= 4 is 23.2 Å². The van der Waals surface area contributed by atoms with Gasteiger partial charge in [-0.2, -0.15) is 0 Å². The van der Waals surface area contributed by atoms with Gasteiger partial charge in [-0.3, -0.25) is 9.78 Å². The molecule has 0 unspecified atom stereocenters. The minimum atomic E-state index is -0.129. The number of anilines is 2. The maximum absolute atomic E-state index is 12.5. The minimum absolute atomic E-state index is 0.129. The topological polar surface area (TPSA) is 57.8 Å². The summed E-state index contributed by atoms with van der Waals surface area (Å²) in [4.78, 5) is 19.9. The Hall–Kier alpha value is -2.59. The molecule has 5 heteroatoms. The number of aromatic nitrogens is 2. The molecule has 128 valence electrons. The van der Waals surface area contributed by atoms with E-state index in [1.165, 1.54) is 0 Å². The van der Waals surface area contributed by atoms with Gasteiger partial charge in [0.25, 0.3) is 5.56 Å². The molecule has 0 bridgehead atoms. The van der Waals surface area contributed by atoms with E-state index in [0.29, 0.717) is 28.6 Å². The number of H-pyrrole nitrogens is 1. The second-order valence-electron chi connectivity index (χ2n) is 6.23. The van der Waals surface area contributed by atoms with Crippen LogP contribution in [0.1, 0.15) is 27.9 Å². The third kappa shape index (κ3) is 4.09. The lowest BCUT2D eigenvalue weighted by atomic mass is 10.1. The van der Waals surface area contributed by atoms with Crippen molar-refractivity contribution in [3.8, 4) is 0 Å². The Morgan fingerprint density at radius 3 is 2.48 bits per heavy atom. The van der Waals surface area contributed by atoms with Crippen molar-refractivity contribution in [3.05, 3.63) is 85.8 Å². The van der Waals surface area contributed by atoms with Crippen molar-refractivity contribution in [2.75, 3.05) is 5.32 Å². The molecule has 0 saturated heterocycles. The molecule has 0 aliphatic rings. The number of aromatic amines is 1. The van der Waals surface area contributed by atoms with E-state index in [4.69, 9.17) is 11.6 Å². The molecular weight excluding hydrogens is 334 g/mol. The summed E-state index contributed by atoms with van der Waals surface area (Å²) in [6, 6.07) is 13.6. The molecule has 0 radical (unpaired) electrons. The van der Waals surface area contributed by atoms with Gasteiger partial charge >= 0.3 is 0 Å². The first kappa shape index (κ1) is 17.2. The third-order valence-corrected chi connectivity index (χ3v) is 4.41. The van der Waals surface area contributed by atoms with E-state index in [1.54, 1.807) is 0 Å². The fourth-order valence-electron chi connectivity index (χ4n) is 2.68. The van der Waals surface area contributed by atoms with Gasteiger partial charge in [0.2, 0.25) is 5.95 Å². The maximum atomic E-state index is 12.5. The van der Waals surface area contributed by atoms with Gasteiger partial charge in [-0.25, -0.2) is 4.98 Å². The molecule has 2 aromatic carbocycles. The van der Waals surface area contributed by atoms with Crippen LogP contribution in [0.3, 0.4) is 0 Å². The third-order valence-electron chi connectivity index (χ3n) is 4.16. The largest absolute Gasteiger partial charge is 0.325 e. The Kier molecular flexibility index (Phi) is 4.91. The van der Waals surface area contributed by atoms with Gasteiger partial charge in [-0.1, -0.05) is 35.9 Å². The van der Waals surface area contributed by atoms with Crippen LogP contribution in [-0.4, -0.2) is 9.97 Å². The SMILES string of the molecule is Cc1ccc(C)c(Nc2nc(C)c(Cc3ccc(Cl)cc3)c(=O)[nH]2)c1. The summed E-state index contributed by atoms with van der Waals surface area (Å²) in [5, 5.41) is 3.89. The fraction of sp³-hybridized carbons (Fsp3) is 0.200. The molecule has 0 amide bonds. The summed E-state index contributed by atoms with van der Waals surface area (Å²) in [6.07, 6.45) is 0.523. The first-order valence-corrected chi connectivity index (χ1v) is 8.48. The lowest BCUT2D eigenvalue weighted by Crippen LogP contribution is -2.18. The highest BCUT2D eigenvalue weighted by Gasteiger charge is 2.10. The molecule has 1 heterocycles.